The Hall–Kier alpha value is -3.68. The molecule has 2 aromatic heterocycles. The minimum absolute atomic E-state index is 0.0450. The van der Waals surface area contributed by atoms with E-state index in [4.69, 9.17) is 9.15 Å². The molecular formula is C24H25FN2O5. The molecule has 3 rings (SSSR count). The quantitative estimate of drug-likeness (QED) is 0.413. The zero-order valence-electron chi connectivity index (χ0n) is 18.4. The Balaban J connectivity index is 1.96. The third kappa shape index (κ3) is 4.64. The number of furan rings is 1. The van der Waals surface area contributed by atoms with Gasteiger partial charge in [0.25, 0.3) is 5.91 Å². The van der Waals surface area contributed by atoms with Gasteiger partial charge >= 0.3 is 5.97 Å². The molecule has 32 heavy (non-hydrogen) atoms. The van der Waals surface area contributed by atoms with Gasteiger partial charge in [0, 0.05) is 16.8 Å². The third-order valence-corrected chi connectivity index (χ3v) is 5.27. The van der Waals surface area contributed by atoms with Gasteiger partial charge in [-0.05, 0) is 69.7 Å². The lowest BCUT2D eigenvalue weighted by Crippen LogP contribution is -2.43. The maximum absolute atomic E-state index is 13.5. The fraction of sp³-hybridized carbons (Fsp3) is 0.292. The molecule has 2 heterocycles. The van der Waals surface area contributed by atoms with Crippen molar-refractivity contribution in [2.75, 3.05) is 6.61 Å². The molecule has 1 N–H and O–H groups in total. The molecule has 0 aliphatic heterocycles. The van der Waals surface area contributed by atoms with Crippen molar-refractivity contribution in [3.05, 3.63) is 82.3 Å². The molecule has 0 aliphatic carbocycles. The number of carbonyl (C=O) groups excluding carboxylic acids is 3. The number of aromatic amines is 1. The van der Waals surface area contributed by atoms with Crippen LogP contribution >= 0.6 is 0 Å². The molecule has 1 aromatic carbocycles. The van der Waals surface area contributed by atoms with Crippen LogP contribution in [-0.2, 0) is 11.3 Å². The van der Waals surface area contributed by atoms with Crippen LogP contribution in [0.25, 0.3) is 0 Å². The van der Waals surface area contributed by atoms with Gasteiger partial charge in [-0.2, -0.15) is 0 Å². The van der Waals surface area contributed by atoms with Gasteiger partial charge in [0.2, 0.25) is 0 Å². The highest BCUT2D eigenvalue weighted by molar-refractivity contribution is 6.07. The van der Waals surface area contributed by atoms with Crippen LogP contribution in [0.1, 0.15) is 62.1 Å². The number of carbonyl (C=O) groups is 3. The van der Waals surface area contributed by atoms with Gasteiger partial charge in [-0.1, -0.05) is 0 Å². The molecule has 0 saturated carbocycles. The zero-order chi connectivity index (χ0) is 23.4. The summed E-state index contributed by atoms with van der Waals surface area (Å²) in [6, 6.07) is 7.63. The van der Waals surface area contributed by atoms with Crippen LogP contribution in [0.2, 0.25) is 0 Å². The number of Topliss-reactive ketones (excluding diaryl/α,β-unsaturated/α-hetero) is 1. The Morgan fingerprint density at radius 2 is 1.84 bits per heavy atom. The van der Waals surface area contributed by atoms with Crippen molar-refractivity contribution in [1.29, 1.82) is 0 Å². The molecule has 0 fully saturated rings. The molecule has 3 aromatic rings. The average molecular weight is 440 g/mol. The summed E-state index contributed by atoms with van der Waals surface area (Å²) in [5.41, 5.74) is 1.76. The first-order valence-electron chi connectivity index (χ1n) is 10.2. The summed E-state index contributed by atoms with van der Waals surface area (Å²) in [4.78, 5) is 43.2. The van der Waals surface area contributed by atoms with Crippen molar-refractivity contribution >= 4 is 17.7 Å². The minimum atomic E-state index is -0.888. The first kappa shape index (κ1) is 23.0. The summed E-state index contributed by atoms with van der Waals surface area (Å²) in [5.74, 6) is -1.30. The number of hydrogen-bond acceptors (Lipinski definition) is 5. The van der Waals surface area contributed by atoms with Crippen LogP contribution in [0.5, 0.6) is 0 Å². The molecule has 8 heteroatoms. The molecule has 0 saturated heterocycles. The van der Waals surface area contributed by atoms with Crippen LogP contribution in [0.3, 0.4) is 0 Å². The molecule has 7 nitrogen and oxygen atoms in total. The standard InChI is InChI=1S/C24H25FN2O5/c1-5-31-24(30)21-14(2)20(15(3)26-21)22(28)16(4)27(13-19-7-6-12-32-19)23(29)17-8-10-18(25)11-9-17/h6-12,16,26H,5,13H2,1-4H3/t16-/m0/s1. The van der Waals surface area contributed by atoms with E-state index in [1.54, 1.807) is 39.8 Å². The normalized spacial score (nSPS) is 11.8. The van der Waals surface area contributed by atoms with Crippen molar-refractivity contribution in [2.45, 2.75) is 40.3 Å². The highest BCUT2D eigenvalue weighted by Crippen LogP contribution is 2.24. The molecule has 168 valence electrons. The van der Waals surface area contributed by atoms with E-state index in [0.717, 1.165) is 0 Å². The van der Waals surface area contributed by atoms with Crippen molar-refractivity contribution < 1.29 is 27.9 Å². The number of halogens is 1. The number of nitrogens with one attached hydrogen (secondary N) is 1. The topological polar surface area (TPSA) is 92.6 Å². The maximum atomic E-state index is 13.5. The Kier molecular flexibility index (Phi) is 6.92. The first-order valence-corrected chi connectivity index (χ1v) is 10.2. The zero-order valence-corrected chi connectivity index (χ0v) is 18.4. The van der Waals surface area contributed by atoms with E-state index in [-0.39, 0.29) is 30.2 Å². The number of ketones is 1. The summed E-state index contributed by atoms with van der Waals surface area (Å²) in [5, 5.41) is 0. The van der Waals surface area contributed by atoms with E-state index in [1.165, 1.54) is 35.4 Å². The molecule has 0 bridgehead atoms. The fourth-order valence-corrected chi connectivity index (χ4v) is 3.59. The molecule has 0 aliphatic rings. The van der Waals surface area contributed by atoms with E-state index in [2.05, 4.69) is 4.98 Å². The summed E-state index contributed by atoms with van der Waals surface area (Å²) >= 11 is 0. The summed E-state index contributed by atoms with van der Waals surface area (Å²) in [6.45, 7) is 6.92. The number of H-pyrrole nitrogens is 1. The summed E-state index contributed by atoms with van der Waals surface area (Å²) in [6.07, 6.45) is 1.48. The average Bonchev–Trinajstić information content (AvgIpc) is 3.38. The van der Waals surface area contributed by atoms with Gasteiger partial charge in [0.15, 0.2) is 5.78 Å². The number of aryl methyl sites for hydroxylation is 1. The van der Waals surface area contributed by atoms with Crippen molar-refractivity contribution in [2.24, 2.45) is 0 Å². The van der Waals surface area contributed by atoms with Crippen molar-refractivity contribution in [1.82, 2.24) is 9.88 Å². The second-order valence-corrected chi connectivity index (χ2v) is 7.41. The number of nitrogens with zero attached hydrogens (tertiary/aromatic N) is 1. The fourth-order valence-electron chi connectivity index (χ4n) is 3.59. The first-order chi connectivity index (χ1) is 15.2. The van der Waals surface area contributed by atoms with E-state index in [1.807, 2.05) is 0 Å². The number of ether oxygens (including phenoxy) is 1. The molecule has 1 atom stereocenters. The summed E-state index contributed by atoms with van der Waals surface area (Å²) in [7, 11) is 0. The minimum Gasteiger partial charge on any atom is -0.467 e. The smallest absolute Gasteiger partial charge is 0.355 e. The molecular weight excluding hydrogens is 415 g/mol. The highest BCUT2D eigenvalue weighted by Gasteiger charge is 2.32. The Morgan fingerprint density at radius 1 is 1.16 bits per heavy atom. The SMILES string of the molecule is CCOC(=O)c1[nH]c(C)c(C(=O)[C@H](C)N(Cc2ccco2)C(=O)c2ccc(F)cc2)c1C. The predicted molar refractivity (Wildman–Crippen MR) is 115 cm³/mol. The number of amides is 1. The number of aromatic nitrogens is 1. The van der Waals surface area contributed by atoms with E-state index >= 15 is 0 Å². The van der Waals surface area contributed by atoms with Gasteiger partial charge in [0.05, 0.1) is 25.5 Å². The second kappa shape index (κ2) is 9.64. The van der Waals surface area contributed by atoms with E-state index < -0.39 is 23.7 Å². The lowest BCUT2D eigenvalue weighted by Gasteiger charge is -2.28. The third-order valence-electron chi connectivity index (χ3n) is 5.27. The van der Waals surface area contributed by atoms with Gasteiger partial charge < -0.3 is 19.0 Å². The maximum Gasteiger partial charge on any atom is 0.355 e. The van der Waals surface area contributed by atoms with Crippen LogP contribution in [-0.4, -0.2) is 40.2 Å². The van der Waals surface area contributed by atoms with Gasteiger partial charge in [0.1, 0.15) is 17.3 Å². The van der Waals surface area contributed by atoms with Crippen LogP contribution in [0.15, 0.2) is 47.1 Å². The second-order valence-electron chi connectivity index (χ2n) is 7.41. The van der Waals surface area contributed by atoms with Crippen LogP contribution in [0, 0.1) is 19.7 Å². The Labute approximate surface area is 185 Å². The monoisotopic (exact) mass is 440 g/mol. The number of esters is 1. The lowest BCUT2D eigenvalue weighted by molar-refractivity contribution is 0.0518. The van der Waals surface area contributed by atoms with E-state index in [0.29, 0.717) is 22.6 Å². The Morgan fingerprint density at radius 3 is 2.44 bits per heavy atom. The number of hydrogen-bond donors (Lipinski definition) is 1. The van der Waals surface area contributed by atoms with Crippen LogP contribution < -0.4 is 0 Å². The van der Waals surface area contributed by atoms with Crippen molar-refractivity contribution in [3.8, 4) is 0 Å². The molecule has 0 radical (unpaired) electrons. The molecule has 1 amide bonds. The highest BCUT2D eigenvalue weighted by atomic mass is 19.1. The lowest BCUT2D eigenvalue weighted by atomic mass is 9.99. The van der Waals surface area contributed by atoms with Crippen molar-refractivity contribution in [3.63, 3.8) is 0 Å². The molecule has 0 spiro atoms. The van der Waals surface area contributed by atoms with Crippen LogP contribution in [0.4, 0.5) is 4.39 Å². The summed E-state index contributed by atoms with van der Waals surface area (Å²) < 4.78 is 23.8. The molecule has 0 unspecified atom stereocenters. The Bertz CT molecular complexity index is 1120. The number of benzene rings is 1. The number of rotatable bonds is 8. The predicted octanol–water partition coefficient (Wildman–Crippen LogP) is 4.45. The van der Waals surface area contributed by atoms with Gasteiger partial charge in [-0.15, -0.1) is 0 Å². The largest absolute Gasteiger partial charge is 0.467 e. The van der Waals surface area contributed by atoms with E-state index in [9.17, 15) is 18.8 Å². The van der Waals surface area contributed by atoms with Gasteiger partial charge in [-0.25, -0.2) is 9.18 Å². The van der Waals surface area contributed by atoms with Gasteiger partial charge in [-0.3, -0.25) is 9.59 Å².